The molecule has 154 valence electrons. The Bertz CT molecular complexity index is 886. The molecule has 2 aromatic heterocycles. The van der Waals surface area contributed by atoms with Gasteiger partial charge in [0, 0.05) is 30.9 Å². The summed E-state index contributed by atoms with van der Waals surface area (Å²) in [6, 6.07) is 11.4. The van der Waals surface area contributed by atoms with Gasteiger partial charge in [0.05, 0.1) is 7.11 Å². The smallest absolute Gasteiger partial charge is 0.230 e. The van der Waals surface area contributed by atoms with E-state index in [0.29, 0.717) is 11.7 Å². The summed E-state index contributed by atoms with van der Waals surface area (Å²) in [7, 11) is 1.65. The van der Waals surface area contributed by atoms with Gasteiger partial charge < -0.3 is 19.5 Å². The van der Waals surface area contributed by atoms with Crippen LogP contribution in [-0.2, 0) is 0 Å². The topological polar surface area (TPSA) is 76.3 Å². The largest absolute Gasteiger partial charge is 0.497 e. The van der Waals surface area contributed by atoms with Crippen LogP contribution in [0.25, 0.3) is 11.3 Å². The summed E-state index contributed by atoms with van der Waals surface area (Å²) in [6.45, 7) is 8.28. The van der Waals surface area contributed by atoms with Crippen molar-refractivity contribution >= 4 is 17.7 Å². The van der Waals surface area contributed by atoms with Crippen molar-refractivity contribution in [3.8, 4) is 17.0 Å². The number of rotatable bonds is 5. The van der Waals surface area contributed by atoms with E-state index in [0.717, 1.165) is 42.0 Å². The first kappa shape index (κ1) is 20.6. The van der Waals surface area contributed by atoms with Gasteiger partial charge in [-0.2, -0.15) is 4.98 Å². The van der Waals surface area contributed by atoms with Gasteiger partial charge in [0.2, 0.25) is 11.8 Å². The molecule has 1 fully saturated rings. The summed E-state index contributed by atoms with van der Waals surface area (Å²) in [4.78, 5) is 11.3. The molecule has 0 amide bonds. The molecule has 1 aromatic carbocycles. The number of benzene rings is 1. The standard InChI is InChI=1S/C20H23N5O2.C2H6/c1-14-8-11-25(12-9-14)20-21-10-7-18(23-20)22-19-13-17(24-27-19)15-3-5-16(26-2)6-4-15;1-2/h3-7,10,13-14H,8-9,11-12H2,1-2H3,(H,21,22,23);1-2H3. The monoisotopic (exact) mass is 395 g/mol. The van der Waals surface area contributed by atoms with Crippen molar-refractivity contribution in [3.63, 3.8) is 0 Å². The normalized spacial score (nSPS) is 14.1. The summed E-state index contributed by atoms with van der Waals surface area (Å²) in [5, 5.41) is 7.30. The van der Waals surface area contributed by atoms with Crippen molar-refractivity contribution < 1.29 is 9.26 Å². The lowest BCUT2D eigenvalue weighted by Gasteiger charge is -2.30. The summed E-state index contributed by atoms with van der Waals surface area (Å²) in [6.07, 6.45) is 4.12. The molecule has 7 nitrogen and oxygen atoms in total. The average Bonchev–Trinajstić information content (AvgIpc) is 3.24. The van der Waals surface area contributed by atoms with E-state index in [9.17, 15) is 0 Å². The number of anilines is 3. The predicted molar refractivity (Wildman–Crippen MR) is 116 cm³/mol. The van der Waals surface area contributed by atoms with Crippen molar-refractivity contribution in [2.45, 2.75) is 33.6 Å². The van der Waals surface area contributed by atoms with Crippen LogP contribution < -0.4 is 15.0 Å². The van der Waals surface area contributed by atoms with Gasteiger partial charge in [-0.15, -0.1) is 0 Å². The van der Waals surface area contributed by atoms with E-state index in [4.69, 9.17) is 9.26 Å². The zero-order valence-corrected chi connectivity index (χ0v) is 17.6. The van der Waals surface area contributed by atoms with Crippen LogP contribution in [0.5, 0.6) is 5.75 Å². The third-order valence-corrected chi connectivity index (χ3v) is 4.86. The van der Waals surface area contributed by atoms with Crippen LogP contribution in [0.15, 0.2) is 47.1 Å². The van der Waals surface area contributed by atoms with Crippen molar-refractivity contribution in [2.24, 2.45) is 5.92 Å². The molecule has 0 atom stereocenters. The van der Waals surface area contributed by atoms with Crippen LogP contribution in [0.1, 0.15) is 33.6 Å². The maximum Gasteiger partial charge on any atom is 0.230 e. The molecule has 4 rings (SSSR count). The molecule has 1 aliphatic rings. The van der Waals surface area contributed by atoms with Gasteiger partial charge in [0.1, 0.15) is 17.3 Å². The van der Waals surface area contributed by atoms with Gasteiger partial charge in [-0.1, -0.05) is 25.9 Å². The first-order valence-electron chi connectivity index (χ1n) is 10.2. The van der Waals surface area contributed by atoms with Gasteiger partial charge in [-0.05, 0) is 49.1 Å². The number of nitrogens with zero attached hydrogens (tertiary/aromatic N) is 4. The van der Waals surface area contributed by atoms with Crippen LogP contribution in [0.4, 0.5) is 17.7 Å². The van der Waals surface area contributed by atoms with Gasteiger partial charge in [-0.3, -0.25) is 0 Å². The Balaban J connectivity index is 0.00000117. The molecular formula is C22H29N5O2. The molecule has 1 N–H and O–H groups in total. The highest BCUT2D eigenvalue weighted by Crippen LogP contribution is 2.26. The Morgan fingerprint density at radius 3 is 2.52 bits per heavy atom. The maximum atomic E-state index is 5.41. The van der Waals surface area contributed by atoms with Gasteiger partial charge in [0.15, 0.2) is 0 Å². The van der Waals surface area contributed by atoms with Crippen LogP contribution in [0.2, 0.25) is 0 Å². The number of piperidine rings is 1. The molecule has 3 heterocycles. The lowest BCUT2D eigenvalue weighted by Crippen LogP contribution is -2.34. The molecule has 0 saturated carbocycles. The Kier molecular flexibility index (Phi) is 7.05. The summed E-state index contributed by atoms with van der Waals surface area (Å²) < 4.78 is 10.6. The Labute approximate surface area is 172 Å². The molecule has 0 unspecified atom stereocenters. The highest BCUT2D eigenvalue weighted by molar-refractivity contribution is 5.64. The maximum absolute atomic E-state index is 5.41. The average molecular weight is 396 g/mol. The molecule has 3 aromatic rings. The van der Waals surface area contributed by atoms with Crippen molar-refractivity contribution in [1.29, 1.82) is 0 Å². The molecule has 0 radical (unpaired) electrons. The highest BCUT2D eigenvalue weighted by Gasteiger charge is 2.18. The van der Waals surface area contributed by atoms with Gasteiger partial charge >= 0.3 is 0 Å². The lowest BCUT2D eigenvalue weighted by atomic mass is 10.00. The van der Waals surface area contributed by atoms with Gasteiger partial charge in [-0.25, -0.2) is 4.98 Å². The number of hydrogen-bond acceptors (Lipinski definition) is 7. The molecule has 1 saturated heterocycles. The molecular weight excluding hydrogens is 366 g/mol. The highest BCUT2D eigenvalue weighted by atomic mass is 16.5. The first-order valence-corrected chi connectivity index (χ1v) is 10.2. The summed E-state index contributed by atoms with van der Waals surface area (Å²) >= 11 is 0. The fraction of sp³-hybridized carbons (Fsp3) is 0.409. The fourth-order valence-corrected chi connectivity index (χ4v) is 3.14. The quantitative estimate of drug-likeness (QED) is 0.640. The summed E-state index contributed by atoms with van der Waals surface area (Å²) in [5.41, 5.74) is 1.71. The SMILES string of the molecule is CC.COc1ccc(-c2cc(Nc3ccnc(N4CCC(C)CC4)n3)on2)cc1. The molecule has 0 aliphatic carbocycles. The number of nitrogens with one attached hydrogen (secondary N) is 1. The zero-order chi connectivity index (χ0) is 20.6. The second-order valence-corrected chi connectivity index (χ2v) is 6.84. The number of methoxy groups -OCH3 is 1. The van der Waals surface area contributed by atoms with Crippen LogP contribution in [-0.4, -0.2) is 35.3 Å². The second kappa shape index (κ2) is 9.91. The third-order valence-electron chi connectivity index (χ3n) is 4.86. The van der Waals surface area contributed by atoms with E-state index in [2.05, 4.69) is 32.3 Å². The molecule has 29 heavy (non-hydrogen) atoms. The van der Waals surface area contributed by atoms with Crippen molar-refractivity contribution in [3.05, 3.63) is 42.6 Å². The van der Waals surface area contributed by atoms with E-state index in [1.165, 1.54) is 12.8 Å². The Hall–Kier alpha value is -3.09. The fourth-order valence-electron chi connectivity index (χ4n) is 3.14. The number of hydrogen-bond donors (Lipinski definition) is 1. The lowest BCUT2D eigenvalue weighted by molar-refractivity contribution is 0.415. The second-order valence-electron chi connectivity index (χ2n) is 6.84. The molecule has 7 heteroatoms. The number of aromatic nitrogens is 3. The molecule has 0 bridgehead atoms. The Morgan fingerprint density at radius 2 is 1.83 bits per heavy atom. The minimum Gasteiger partial charge on any atom is -0.497 e. The third kappa shape index (κ3) is 5.25. The van der Waals surface area contributed by atoms with Gasteiger partial charge in [0.25, 0.3) is 0 Å². The Morgan fingerprint density at radius 1 is 1.10 bits per heavy atom. The van der Waals surface area contributed by atoms with Crippen LogP contribution in [0, 0.1) is 5.92 Å². The van der Waals surface area contributed by atoms with Crippen LogP contribution in [0.3, 0.4) is 0 Å². The molecule has 0 spiro atoms. The van der Waals surface area contributed by atoms with E-state index >= 15 is 0 Å². The van der Waals surface area contributed by atoms with E-state index < -0.39 is 0 Å². The summed E-state index contributed by atoms with van der Waals surface area (Å²) in [5.74, 6) is 3.56. The first-order chi connectivity index (χ1) is 14.2. The van der Waals surface area contributed by atoms with Crippen LogP contribution >= 0.6 is 0 Å². The minimum absolute atomic E-state index is 0.540. The number of ether oxygens (including phenoxy) is 1. The van der Waals surface area contributed by atoms with E-state index in [1.54, 1.807) is 13.3 Å². The predicted octanol–water partition coefficient (Wildman–Crippen LogP) is 5.15. The van der Waals surface area contributed by atoms with Crippen molar-refractivity contribution in [2.75, 3.05) is 30.4 Å². The minimum atomic E-state index is 0.540. The van der Waals surface area contributed by atoms with Crippen molar-refractivity contribution in [1.82, 2.24) is 15.1 Å². The zero-order valence-electron chi connectivity index (χ0n) is 17.6. The van der Waals surface area contributed by atoms with E-state index in [1.807, 2.05) is 50.2 Å². The van der Waals surface area contributed by atoms with E-state index in [-0.39, 0.29) is 0 Å². The molecule has 1 aliphatic heterocycles.